The van der Waals surface area contributed by atoms with Gasteiger partial charge in [-0.05, 0) is 36.6 Å². The molecule has 0 atom stereocenters. The molecule has 0 aliphatic carbocycles. The van der Waals surface area contributed by atoms with Gasteiger partial charge in [0, 0.05) is 37.7 Å². The second kappa shape index (κ2) is 13.0. The van der Waals surface area contributed by atoms with Crippen LogP contribution in [0.25, 0.3) is 11.0 Å². The van der Waals surface area contributed by atoms with Gasteiger partial charge in [-0.3, -0.25) is 19.8 Å². The minimum atomic E-state index is -0.338. The fraction of sp³-hybridized carbons (Fsp3) is 0.370. The van der Waals surface area contributed by atoms with E-state index in [1.54, 1.807) is 49.2 Å². The normalized spacial score (nSPS) is 10.7. The molecule has 3 N–H and O–H groups in total. The average molecular weight is 528 g/mol. The zero-order chi connectivity index (χ0) is 26.4. The van der Waals surface area contributed by atoms with Crippen LogP contribution in [-0.2, 0) is 23.0 Å². The molecule has 0 radical (unpaired) electrons. The molecule has 0 saturated carbocycles. The Kier molecular flexibility index (Phi) is 10.4. The Hall–Kier alpha value is -3.72. The van der Waals surface area contributed by atoms with Crippen LogP contribution in [0.2, 0.25) is 0 Å². The quantitative estimate of drug-likeness (QED) is 0.236. The average Bonchev–Trinajstić information content (AvgIpc) is 2.84. The van der Waals surface area contributed by atoms with Crippen molar-refractivity contribution in [1.82, 2.24) is 14.5 Å². The van der Waals surface area contributed by atoms with Crippen molar-refractivity contribution in [3.63, 3.8) is 0 Å². The second-order valence-corrected chi connectivity index (χ2v) is 9.11. The Morgan fingerprint density at radius 3 is 2.38 bits per heavy atom. The number of carbonyl (C=O) groups excluding carboxylic acids is 2. The highest BCUT2D eigenvalue weighted by Gasteiger charge is 2.20. The van der Waals surface area contributed by atoms with Gasteiger partial charge in [-0.25, -0.2) is 4.98 Å². The van der Waals surface area contributed by atoms with E-state index in [0.29, 0.717) is 47.4 Å². The predicted octanol–water partition coefficient (Wildman–Crippen LogP) is 3.28. The van der Waals surface area contributed by atoms with E-state index < -0.39 is 0 Å². The molecule has 0 saturated heterocycles. The minimum absolute atomic E-state index is 0. The van der Waals surface area contributed by atoms with Crippen LogP contribution in [0.15, 0.2) is 47.3 Å². The lowest BCUT2D eigenvalue weighted by Crippen LogP contribution is -2.36. The zero-order valence-electron chi connectivity index (χ0n) is 21.6. The topological polar surface area (TPSA) is 131 Å². The molecule has 1 heterocycles. The molecule has 37 heavy (non-hydrogen) atoms. The van der Waals surface area contributed by atoms with Gasteiger partial charge in [-0.2, -0.15) is 0 Å². The van der Waals surface area contributed by atoms with E-state index >= 15 is 0 Å². The lowest BCUT2D eigenvalue weighted by atomic mass is 10.1. The number of amidine groups is 1. The number of nitrogens with two attached hydrogens (primary N) is 1. The first kappa shape index (κ1) is 29.5. The molecule has 10 heteroatoms. The molecule has 0 aliphatic heterocycles. The van der Waals surface area contributed by atoms with Crippen molar-refractivity contribution in [2.45, 2.75) is 33.6 Å². The van der Waals surface area contributed by atoms with Crippen LogP contribution in [0.5, 0.6) is 0 Å². The molecule has 0 bridgehead atoms. The van der Waals surface area contributed by atoms with E-state index in [1.807, 2.05) is 26.0 Å². The highest BCUT2D eigenvalue weighted by molar-refractivity contribution is 5.97. The van der Waals surface area contributed by atoms with Crippen molar-refractivity contribution in [2.24, 2.45) is 18.7 Å². The first-order valence-electron chi connectivity index (χ1n) is 12.0. The Morgan fingerprint density at radius 2 is 1.78 bits per heavy atom. The molecule has 2 aromatic carbocycles. The number of fused-ring (bicyclic) bond motifs is 1. The third kappa shape index (κ3) is 7.39. The van der Waals surface area contributed by atoms with E-state index in [2.05, 4.69) is 4.98 Å². The molecule has 0 spiro atoms. The molecule has 3 aromatic rings. The van der Waals surface area contributed by atoms with Crippen molar-refractivity contribution in [3.05, 3.63) is 75.2 Å². The number of nitrogens with zero attached hydrogens (tertiary/aromatic N) is 3. The zero-order valence-corrected chi connectivity index (χ0v) is 22.4. The van der Waals surface area contributed by atoms with Crippen LogP contribution in [-0.4, -0.2) is 51.9 Å². The second-order valence-electron chi connectivity index (χ2n) is 9.11. The maximum absolute atomic E-state index is 13.4. The summed E-state index contributed by atoms with van der Waals surface area (Å²) in [4.78, 5) is 44.4. The highest BCUT2D eigenvalue weighted by Crippen LogP contribution is 2.17. The van der Waals surface area contributed by atoms with Gasteiger partial charge in [0.2, 0.25) is 0 Å². The molecule has 198 valence electrons. The third-order valence-electron chi connectivity index (χ3n) is 5.79. The maximum Gasteiger partial charge on any atom is 0.307 e. The van der Waals surface area contributed by atoms with E-state index in [4.69, 9.17) is 15.9 Å². The molecule has 9 nitrogen and oxygen atoms in total. The summed E-state index contributed by atoms with van der Waals surface area (Å²) in [5, 5.41) is 7.53. The van der Waals surface area contributed by atoms with Gasteiger partial charge < -0.3 is 19.9 Å². The van der Waals surface area contributed by atoms with Crippen molar-refractivity contribution in [1.29, 1.82) is 5.41 Å². The number of hydrogen-bond donors (Lipinski definition) is 2. The Morgan fingerprint density at radius 1 is 1.14 bits per heavy atom. The Bertz CT molecular complexity index is 1340. The van der Waals surface area contributed by atoms with Crippen molar-refractivity contribution < 1.29 is 14.3 Å². The van der Waals surface area contributed by atoms with Gasteiger partial charge in [-0.15, -0.1) is 12.4 Å². The van der Waals surface area contributed by atoms with Crippen LogP contribution in [0.3, 0.4) is 0 Å². The summed E-state index contributed by atoms with van der Waals surface area (Å²) in [6.45, 7) is 6.83. The Labute approximate surface area is 222 Å². The monoisotopic (exact) mass is 527 g/mol. The number of nitrogen functional groups attached to an aromatic ring is 1. The highest BCUT2D eigenvalue weighted by atomic mass is 35.5. The summed E-state index contributed by atoms with van der Waals surface area (Å²) < 4.78 is 6.54. The van der Waals surface area contributed by atoms with E-state index in [9.17, 15) is 14.4 Å². The first-order chi connectivity index (χ1) is 17.1. The summed E-state index contributed by atoms with van der Waals surface area (Å²) in [6, 6.07) is 12.2. The number of aromatic nitrogens is 2. The maximum atomic E-state index is 13.4. The fourth-order valence-corrected chi connectivity index (χ4v) is 3.99. The van der Waals surface area contributed by atoms with Gasteiger partial charge in [0.15, 0.2) is 0 Å². The molecule has 0 aliphatic rings. The van der Waals surface area contributed by atoms with Crippen molar-refractivity contribution in [2.75, 3.05) is 19.7 Å². The van der Waals surface area contributed by atoms with Crippen LogP contribution >= 0.6 is 12.4 Å². The fourth-order valence-electron chi connectivity index (χ4n) is 3.99. The van der Waals surface area contributed by atoms with Crippen LogP contribution in [0.4, 0.5) is 0 Å². The van der Waals surface area contributed by atoms with Gasteiger partial charge in [0.1, 0.15) is 11.5 Å². The van der Waals surface area contributed by atoms with E-state index in [1.165, 1.54) is 4.57 Å². The number of amides is 1. The molecule has 0 fully saturated rings. The molecule has 1 amide bonds. The number of aryl methyl sites for hydroxylation is 1. The molecular formula is C27H34ClN5O4. The number of halogens is 1. The summed E-state index contributed by atoms with van der Waals surface area (Å²) >= 11 is 0. The lowest BCUT2D eigenvalue weighted by Gasteiger charge is -2.24. The van der Waals surface area contributed by atoms with Gasteiger partial charge in [-0.1, -0.05) is 38.1 Å². The summed E-state index contributed by atoms with van der Waals surface area (Å²) in [5.41, 5.74) is 8.72. The predicted molar refractivity (Wildman–Crippen MR) is 146 cm³/mol. The Balaban J connectivity index is 0.00000481. The molecule has 1 aromatic heterocycles. The standard InChI is InChI=1S/C27H33N5O4.ClH/c1-5-36-24(33)12-13-32(16-17(2)3)26(34)20-10-11-23-21(15-20)30-22(27(35)31(23)4)14-18-6-8-19(9-7-18)25(28)29;/h6-11,15,17H,5,12-14,16H2,1-4H3,(H3,28,29);1H. The van der Waals surface area contributed by atoms with Gasteiger partial charge in [0.05, 0.1) is 24.1 Å². The van der Waals surface area contributed by atoms with Crippen LogP contribution < -0.4 is 11.3 Å². The number of ether oxygens (including phenoxy) is 1. The SMILES string of the molecule is CCOC(=O)CCN(CC(C)C)C(=O)c1ccc2c(c1)nc(Cc1ccc(C(=N)N)cc1)c(=O)n2C.Cl. The number of hydrogen-bond acceptors (Lipinski definition) is 6. The number of esters is 1. The number of rotatable bonds is 10. The molecule has 3 rings (SSSR count). The van der Waals surface area contributed by atoms with E-state index in [-0.39, 0.29) is 54.6 Å². The van der Waals surface area contributed by atoms with Gasteiger partial charge >= 0.3 is 5.97 Å². The van der Waals surface area contributed by atoms with Crippen molar-refractivity contribution >= 4 is 41.2 Å². The van der Waals surface area contributed by atoms with Crippen molar-refractivity contribution in [3.8, 4) is 0 Å². The number of carbonyl (C=O) groups is 2. The summed E-state index contributed by atoms with van der Waals surface area (Å²) in [5.74, 6) is -0.342. The third-order valence-corrected chi connectivity index (χ3v) is 5.79. The largest absolute Gasteiger partial charge is 0.466 e. The first-order valence-corrected chi connectivity index (χ1v) is 12.0. The smallest absolute Gasteiger partial charge is 0.307 e. The molecule has 0 unspecified atom stereocenters. The lowest BCUT2D eigenvalue weighted by molar-refractivity contribution is -0.143. The number of nitrogens with one attached hydrogen (secondary N) is 1. The number of benzene rings is 2. The van der Waals surface area contributed by atoms with Gasteiger partial charge in [0.25, 0.3) is 11.5 Å². The molecular weight excluding hydrogens is 494 g/mol. The summed E-state index contributed by atoms with van der Waals surface area (Å²) in [7, 11) is 1.68. The summed E-state index contributed by atoms with van der Waals surface area (Å²) in [6.07, 6.45) is 0.428. The minimum Gasteiger partial charge on any atom is -0.466 e. The van der Waals surface area contributed by atoms with E-state index in [0.717, 1.165) is 5.56 Å². The van der Waals surface area contributed by atoms with Crippen LogP contribution in [0, 0.1) is 11.3 Å². The van der Waals surface area contributed by atoms with Crippen LogP contribution in [0.1, 0.15) is 54.4 Å².